The number of piperidine rings is 2. The molecule has 60 heavy (non-hydrogen) atoms. The largest absolute Gasteiger partial charge is 0.489 e. The minimum atomic E-state index is -0.561. The van der Waals surface area contributed by atoms with Crippen LogP contribution in [0.4, 0.5) is 0 Å². The van der Waals surface area contributed by atoms with Crippen molar-refractivity contribution in [3.05, 3.63) is 129 Å². The predicted octanol–water partition coefficient (Wildman–Crippen LogP) is 8.10. The van der Waals surface area contributed by atoms with Crippen LogP contribution in [-0.2, 0) is 9.59 Å². The molecule has 13 heteroatoms. The number of ether oxygens (including phenoxy) is 2. The summed E-state index contributed by atoms with van der Waals surface area (Å²) in [5.74, 6) is 0.592. The molecule has 4 amide bonds. The van der Waals surface area contributed by atoms with E-state index in [1.165, 1.54) is 12.6 Å². The van der Waals surface area contributed by atoms with Crippen LogP contribution in [0.5, 0.6) is 11.5 Å². The quantitative estimate of drug-likeness (QED) is 0.146. The van der Waals surface area contributed by atoms with Gasteiger partial charge in [-0.1, -0.05) is 83.9 Å². The second-order valence-corrected chi connectivity index (χ2v) is 15.9. The summed E-state index contributed by atoms with van der Waals surface area (Å²) in [5, 5.41) is 6.22. The Kier molecular flexibility index (Phi) is 18.3. The second-order valence-electron chi connectivity index (χ2n) is 15.1. The molecule has 4 aromatic rings. The van der Waals surface area contributed by atoms with Crippen molar-refractivity contribution < 1.29 is 28.7 Å². The van der Waals surface area contributed by atoms with E-state index in [9.17, 15) is 19.2 Å². The number of nitrogens with two attached hydrogens (primary N) is 1. The molecular formula is C47H59Cl2N5O6. The Balaban J connectivity index is 0.000000254. The monoisotopic (exact) mass is 859 g/mol. The smallest absolute Gasteiger partial charge is 0.254 e. The maximum Gasteiger partial charge on any atom is 0.254 e. The highest BCUT2D eigenvalue weighted by Gasteiger charge is 2.40. The van der Waals surface area contributed by atoms with E-state index >= 15 is 0 Å². The van der Waals surface area contributed by atoms with Crippen molar-refractivity contribution in [2.45, 2.75) is 89.5 Å². The van der Waals surface area contributed by atoms with E-state index < -0.39 is 12.1 Å². The number of carbonyl (C=O) groups excluding carboxylic acids is 4. The lowest BCUT2D eigenvalue weighted by Gasteiger charge is -2.40. The Morgan fingerprint density at radius 1 is 0.650 bits per heavy atom. The van der Waals surface area contributed by atoms with E-state index in [1.807, 2.05) is 76.2 Å². The van der Waals surface area contributed by atoms with Gasteiger partial charge in [0.1, 0.15) is 23.6 Å². The Hall–Kier alpha value is -5.10. The van der Waals surface area contributed by atoms with E-state index in [2.05, 4.69) is 28.5 Å². The molecule has 2 heterocycles. The Morgan fingerprint density at radius 3 is 1.60 bits per heavy atom. The maximum absolute atomic E-state index is 13.3. The number of carbonyl (C=O) groups is 4. The molecule has 6 rings (SSSR count). The van der Waals surface area contributed by atoms with Gasteiger partial charge in [0.15, 0.2) is 0 Å². The van der Waals surface area contributed by atoms with Crippen molar-refractivity contribution in [2.75, 3.05) is 34.2 Å². The average molecular weight is 861 g/mol. The number of hydrogen-bond donors (Lipinski definition) is 3. The number of halogens is 2. The summed E-state index contributed by atoms with van der Waals surface area (Å²) in [4.78, 5) is 55.2. The minimum absolute atomic E-state index is 0.0105. The number of likely N-dealkylation sites (tertiary alicyclic amines) is 2. The maximum atomic E-state index is 13.3. The topological polar surface area (TPSA) is 143 Å². The molecule has 0 radical (unpaired) electrons. The zero-order valence-corrected chi connectivity index (χ0v) is 37.1. The fraction of sp³-hybridized carbons (Fsp3) is 0.404. The number of nitrogens with zero attached hydrogens (tertiary/aromatic N) is 2. The number of rotatable bonds is 10. The highest BCUT2D eigenvalue weighted by atomic mass is 35.5. The normalized spacial score (nSPS) is 18.6. The molecule has 0 spiro atoms. The van der Waals surface area contributed by atoms with Crippen LogP contribution in [0.25, 0.3) is 0 Å². The third-order valence-corrected chi connectivity index (χ3v) is 11.0. The van der Waals surface area contributed by atoms with Crippen molar-refractivity contribution in [3.8, 4) is 11.5 Å². The van der Waals surface area contributed by atoms with Gasteiger partial charge in [-0.2, -0.15) is 0 Å². The van der Waals surface area contributed by atoms with Gasteiger partial charge in [0, 0.05) is 44.2 Å². The standard InChI is InChI=1S/2C23H27ClN2O3.CH5N/c1-15(2)29-20-12-11-17(14-19(20)24)23(28)26-13-7-10-18(21(26)22(27)25-3)16-8-5-4-6-9-16;1-15(2)29-21-10-9-18(13-19(21)24)23(28)26-12-11-17(14-20(26)22(27)25-3)16-7-5-4-6-8-16;1-2/h4-6,8-9,11-12,14-15,18,21H,7,10,13H2,1-3H3,(H,25,27);4-10,13,15,17,20H,11-12,14H2,1-3H3,(H,25,27);2H2,1H3. The van der Waals surface area contributed by atoms with Crippen molar-refractivity contribution in [2.24, 2.45) is 5.73 Å². The second kappa shape index (κ2) is 23.0. The molecule has 2 aliphatic heterocycles. The lowest BCUT2D eigenvalue weighted by molar-refractivity contribution is -0.127. The third-order valence-electron chi connectivity index (χ3n) is 10.4. The average Bonchev–Trinajstić information content (AvgIpc) is 3.27. The molecule has 2 saturated heterocycles. The van der Waals surface area contributed by atoms with Gasteiger partial charge in [0.25, 0.3) is 11.8 Å². The number of amides is 4. The number of benzene rings is 4. The van der Waals surface area contributed by atoms with E-state index in [0.29, 0.717) is 52.2 Å². The van der Waals surface area contributed by atoms with E-state index in [4.69, 9.17) is 32.7 Å². The predicted molar refractivity (Wildman–Crippen MR) is 239 cm³/mol. The Bertz CT molecular complexity index is 2030. The molecule has 0 aromatic heterocycles. The molecule has 0 aliphatic carbocycles. The summed E-state index contributed by atoms with van der Waals surface area (Å²) in [5.41, 5.74) is 7.68. The molecule has 2 aliphatic rings. The first kappa shape index (κ1) is 47.6. The number of hydrogen-bond acceptors (Lipinski definition) is 7. The Labute approximate surface area is 364 Å². The van der Waals surface area contributed by atoms with Crippen LogP contribution in [-0.4, -0.2) is 92.0 Å². The molecule has 11 nitrogen and oxygen atoms in total. The van der Waals surface area contributed by atoms with Crippen LogP contribution >= 0.6 is 23.2 Å². The van der Waals surface area contributed by atoms with Gasteiger partial charge in [-0.05, 0) is 114 Å². The lowest BCUT2D eigenvalue weighted by atomic mass is 9.82. The first-order valence-corrected chi connectivity index (χ1v) is 21.2. The summed E-state index contributed by atoms with van der Waals surface area (Å²) in [6, 6.07) is 29.1. The molecular weight excluding hydrogens is 801 g/mol. The third kappa shape index (κ3) is 12.2. The first-order valence-electron chi connectivity index (χ1n) is 20.5. The van der Waals surface area contributed by atoms with Gasteiger partial charge >= 0.3 is 0 Å². The molecule has 0 saturated carbocycles. The minimum Gasteiger partial charge on any atom is -0.489 e. The van der Waals surface area contributed by atoms with Crippen molar-refractivity contribution in [1.82, 2.24) is 20.4 Å². The zero-order valence-electron chi connectivity index (χ0n) is 35.6. The van der Waals surface area contributed by atoms with E-state index in [0.717, 1.165) is 24.8 Å². The van der Waals surface area contributed by atoms with E-state index in [-0.39, 0.29) is 47.7 Å². The lowest BCUT2D eigenvalue weighted by Crippen LogP contribution is -2.54. The van der Waals surface area contributed by atoms with Crippen LogP contribution in [0.15, 0.2) is 97.1 Å². The molecule has 2 fully saturated rings. The van der Waals surface area contributed by atoms with Crippen LogP contribution in [0.2, 0.25) is 10.0 Å². The highest BCUT2D eigenvalue weighted by molar-refractivity contribution is 6.32. The molecule has 4 aromatic carbocycles. The molecule has 4 N–H and O–H groups in total. The molecule has 4 atom stereocenters. The fourth-order valence-electron chi connectivity index (χ4n) is 7.69. The van der Waals surface area contributed by atoms with Gasteiger partial charge in [0.2, 0.25) is 11.8 Å². The number of likely N-dealkylation sites (N-methyl/N-ethyl adjacent to an activating group) is 2. The van der Waals surface area contributed by atoms with Gasteiger partial charge in [-0.25, -0.2) is 0 Å². The fourth-order valence-corrected chi connectivity index (χ4v) is 8.15. The van der Waals surface area contributed by atoms with Crippen LogP contribution in [0.3, 0.4) is 0 Å². The number of nitrogens with one attached hydrogen (secondary N) is 2. The molecule has 322 valence electrons. The van der Waals surface area contributed by atoms with Crippen LogP contribution in [0, 0.1) is 0 Å². The van der Waals surface area contributed by atoms with Crippen LogP contribution in [0.1, 0.15) is 97.1 Å². The Morgan fingerprint density at radius 2 is 1.13 bits per heavy atom. The van der Waals surface area contributed by atoms with E-state index in [1.54, 1.807) is 60.3 Å². The van der Waals surface area contributed by atoms with Crippen LogP contribution < -0.4 is 25.8 Å². The SMILES string of the molecule is CN.CNC(=O)C1C(c2ccccc2)CCCN1C(=O)c1ccc(OC(C)C)c(Cl)c1.CNC(=O)C1CC(c2ccccc2)CCN1C(=O)c1ccc(OC(C)C)c(Cl)c1. The van der Waals surface area contributed by atoms with Crippen molar-refractivity contribution in [3.63, 3.8) is 0 Å². The van der Waals surface area contributed by atoms with Crippen molar-refractivity contribution >= 4 is 46.8 Å². The highest BCUT2D eigenvalue weighted by Crippen LogP contribution is 2.36. The summed E-state index contributed by atoms with van der Waals surface area (Å²) in [6.07, 6.45) is 3.07. The molecule has 4 unspecified atom stereocenters. The summed E-state index contributed by atoms with van der Waals surface area (Å²) in [7, 11) is 4.71. The summed E-state index contributed by atoms with van der Waals surface area (Å²) in [6.45, 7) is 8.71. The summed E-state index contributed by atoms with van der Waals surface area (Å²) < 4.78 is 11.3. The van der Waals surface area contributed by atoms with Gasteiger partial charge < -0.3 is 35.6 Å². The van der Waals surface area contributed by atoms with Gasteiger partial charge in [-0.15, -0.1) is 0 Å². The van der Waals surface area contributed by atoms with Gasteiger partial charge in [0.05, 0.1) is 22.3 Å². The zero-order chi connectivity index (χ0) is 43.9. The van der Waals surface area contributed by atoms with Crippen molar-refractivity contribution in [1.29, 1.82) is 0 Å². The summed E-state index contributed by atoms with van der Waals surface area (Å²) >= 11 is 12.6. The molecule has 0 bridgehead atoms. The first-order chi connectivity index (χ1) is 28.8. The van der Waals surface area contributed by atoms with Gasteiger partial charge in [-0.3, -0.25) is 19.2 Å².